The van der Waals surface area contributed by atoms with Crippen LogP contribution in [0.15, 0.2) is 30.5 Å². The lowest BCUT2D eigenvalue weighted by molar-refractivity contribution is -0.139. The average Bonchev–Trinajstić information content (AvgIpc) is 2.83. The van der Waals surface area contributed by atoms with Gasteiger partial charge in [-0.1, -0.05) is 24.3 Å². The van der Waals surface area contributed by atoms with E-state index in [0.29, 0.717) is 6.54 Å². The summed E-state index contributed by atoms with van der Waals surface area (Å²) in [4.78, 5) is 19.1. The van der Waals surface area contributed by atoms with Gasteiger partial charge in [0, 0.05) is 30.7 Å². The van der Waals surface area contributed by atoms with E-state index in [0.717, 1.165) is 29.2 Å². The van der Waals surface area contributed by atoms with Crippen molar-refractivity contribution >= 4 is 17.3 Å². The number of aliphatic carboxylic acids is 1. The van der Waals surface area contributed by atoms with Gasteiger partial charge >= 0.3 is 5.97 Å². The summed E-state index contributed by atoms with van der Waals surface area (Å²) >= 11 is 1.67. The van der Waals surface area contributed by atoms with E-state index in [-0.39, 0.29) is 0 Å². The van der Waals surface area contributed by atoms with Crippen molar-refractivity contribution in [3.63, 3.8) is 0 Å². The Bertz CT molecular complexity index is 638. The summed E-state index contributed by atoms with van der Waals surface area (Å²) in [7, 11) is 0. The molecule has 0 aliphatic carbocycles. The molecule has 1 unspecified atom stereocenters. The maximum absolute atomic E-state index is 11.5. The fourth-order valence-electron chi connectivity index (χ4n) is 2.71. The maximum Gasteiger partial charge on any atom is 0.312 e. The third-order valence-electron chi connectivity index (χ3n) is 3.61. The first kappa shape index (κ1) is 13.3. The Morgan fingerprint density at radius 1 is 1.50 bits per heavy atom. The van der Waals surface area contributed by atoms with Crippen LogP contribution in [0.5, 0.6) is 0 Å². The lowest BCUT2D eigenvalue weighted by atomic mass is 9.90. The van der Waals surface area contributed by atoms with Crippen LogP contribution in [0.3, 0.4) is 0 Å². The topological polar surface area (TPSA) is 53.4 Å². The van der Waals surface area contributed by atoms with Crippen molar-refractivity contribution < 1.29 is 9.90 Å². The second-order valence-corrected chi connectivity index (χ2v) is 6.42. The third kappa shape index (κ3) is 2.59. The SMILES string of the molecule is Cc1ncc(CN2Cc3ccccc3C(C(=O)O)C2)s1. The molecule has 104 valence electrons. The predicted molar refractivity (Wildman–Crippen MR) is 77.8 cm³/mol. The number of fused-ring (bicyclic) bond motifs is 1. The number of carboxylic acids is 1. The van der Waals surface area contributed by atoms with Crippen LogP contribution in [0.4, 0.5) is 0 Å². The Balaban J connectivity index is 1.84. The first-order chi connectivity index (χ1) is 9.63. The van der Waals surface area contributed by atoms with Crippen molar-refractivity contribution in [2.75, 3.05) is 6.54 Å². The number of nitrogens with zero attached hydrogens (tertiary/aromatic N) is 2. The van der Waals surface area contributed by atoms with Gasteiger partial charge in [-0.25, -0.2) is 4.98 Å². The van der Waals surface area contributed by atoms with E-state index < -0.39 is 11.9 Å². The Kier molecular flexibility index (Phi) is 3.54. The van der Waals surface area contributed by atoms with Crippen LogP contribution in [-0.2, 0) is 17.9 Å². The summed E-state index contributed by atoms with van der Waals surface area (Å²) in [5, 5.41) is 10.5. The Hall–Kier alpha value is -1.72. The molecule has 0 radical (unpaired) electrons. The molecule has 2 aromatic rings. The summed E-state index contributed by atoms with van der Waals surface area (Å²) in [6.07, 6.45) is 1.89. The quantitative estimate of drug-likeness (QED) is 0.943. The number of hydrogen-bond acceptors (Lipinski definition) is 4. The number of carbonyl (C=O) groups is 1. The molecule has 5 heteroatoms. The average molecular weight is 288 g/mol. The molecular weight excluding hydrogens is 272 g/mol. The fourth-order valence-corrected chi connectivity index (χ4v) is 3.55. The Morgan fingerprint density at radius 2 is 2.30 bits per heavy atom. The van der Waals surface area contributed by atoms with Crippen LogP contribution in [0.25, 0.3) is 0 Å². The smallest absolute Gasteiger partial charge is 0.312 e. The summed E-state index contributed by atoms with van der Waals surface area (Å²) in [5.41, 5.74) is 2.07. The molecule has 2 heterocycles. The van der Waals surface area contributed by atoms with Gasteiger partial charge in [-0.15, -0.1) is 11.3 Å². The standard InChI is InChI=1S/C15H16N2O2S/c1-10-16-6-12(20-10)8-17-7-11-4-2-3-5-13(11)14(9-17)15(18)19/h2-6,14H,7-9H2,1H3,(H,18,19). The molecule has 1 aliphatic rings. The highest BCUT2D eigenvalue weighted by molar-refractivity contribution is 7.11. The molecule has 3 rings (SSSR count). The van der Waals surface area contributed by atoms with Crippen molar-refractivity contribution in [3.8, 4) is 0 Å². The molecule has 0 amide bonds. The first-order valence-corrected chi connectivity index (χ1v) is 7.39. The second-order valence-electron chi connectivity index (χ2n) is 5.10. The molecule has 1 aromatic carbocycles. The number of benzene rings is 1. The molecule has 0 bridgehead atoms. The minimum absolute atomic E-state index is 0.436. The van der Waals surface area contributed by atoms with Gasteiger partial charge in [-0.3, -0.25) is 9.69 Å². The second kappa shape index (κ2) is 5.34. The van der Waals surface area contributed by atoms with Gasteiger partial charge in [-0.05, 0) is 18.1 Å². The molecule has 0 spiro atoms. The van der Waals surface area contributed by atoms with E-state index in [1.54, 1.807) is 11.3 Å². The van der Waals surface area contributed by atoms with E-state index >= 15 is 0 Å². The zero-order valence-electron chi connectivity index (χ0n) is 11.2. The molecule has 4 nitrogen and oxygen atoms in total. The normalized spacial score (nSPS) is 18.8. The molecular formula is C15H16N2O2S. The van der Waals surface area contributed by atoms with E-state index in [9.17, 15) is 9.90 Å². The Labute approximate surface area is 121 Å². The van der Waals surface area contributed by atoms with Gasteiger partial charge < -0.3 is 5.11 Å². The monoisotopic (exact) mass is 288 g/mol. The molecule has 1 atom stereocenters. The third-order valence-corrected chi connectivity index (χ3v) is 4.51. The van der Waals surface area contributed by atoms with Crippen LogP contribution in [0, 0.1) is 6.92 Å². The summed E-state index contributed by atoms with van der Waals surface area (Å²) in [5.74, 6) is -1.18. The summed E-state index contributed by atoms with van der Waals surface area (Å²) < 4.78 is 0. The fraction of sp³-hybridized carbons (Fsp3) is 0.333. The minimum atomic E-state index is -0.748. The van der Waals surface area contributed by atoms with E-state index in [2.05, 4.69) is 9.88 Å². The number of aromatic nitrogens is 1. The molecule has 0 saturated carbocycles. The lowest BCUT2D eigenvalue weighted by Gasteiger charge is -2.32. The van der Waals surface area contributed by atoms with Crippen molar-refractivity contribution in [2.45, 2.75) is 25.9 Å². The van der Waals surface area contributed by atoms with E-state index in [1.165, 1.54) is 4.88 Å². The molecule has 1 aromatic heterocycles. The minimum Gasteiger partial charge on any atom is -0.481 e. The maximum atomic E-state index is 11.5. The van der Waals surface area contributed by atoms with Crippen LogP contribution in [0.1, 0.15) is 26.9 Å². The van der Waals surface area contributed by atoms with Crippen LogP contribution < -0.4 is 0 Å². The van der Waals surface area contributed by atoms with E-state index in [4.69, 9.17) is 0 Å². The van der Waals surface area contributed by atoms with Crippen molar-refractivity contribution in [1.29, 1.82) is 0 Å². The van der Waals surface area contributed by atoms with E-state index in [1.807, 2.05) is 37.4 Å². The van der Waals surface area contributed by atoms with Crippen LogP contribution in [0.2, 0.25) is 0 Å². The van der Waals surface area contributed by atoms with Crippen molar-refractivity contribution in [3.05, 3.63) is 51.5 Å². The number of thiazole rings is 1. The van der Waals surface area contributed by atoms with Gasteiger partial charge in [0.2, 0.25) is 0 Å². The van der Waals surface area contributed by atoms with Crippen LogP contribution >= 0.6 is 11.3 Å². The van der Waals surface area contributed by atoms with Crippen molar-refractivity contribution in [1.82, 2.24) is 9.88 Å². The van der Waals surface area contributed by atoms with Gasteiger partial charge in [0.05, 0.1) is 10.9 Å². The summed E-state index contributed by atoms with van der Waals surface area (Å²) in [6, 6.07) is 7.84. The van der Waals surface area contributed by atoms with Crippen LogP contribution in [-0.4, -0.2) is 27.5 Å². The largest absolute Gasteiger partial charge is 0.481 e. The highest BCUT2D eigenvalue weighted by Crippen LogP contribution is 2.29. The highest BCUT2D eigenvalue weighted by atomic mass is 32.1. The number of hydrogen-bond donors (Lipinski definition) is 1. The lowest BCUT2D eigenvalue weighted by Crippen LogP contribution is -2.36. The number of aryl methyl sites for hydroxylation is 1. The predicted octanol–water partition coefficient (Wildman–Crippen LogP) is 2.64. The zero-order chi connectivity index (χ0) is 14.1. The molecule has 0 saturated heterocycles. The van der Waals surface area contributed by atoms with Gasteiger partial charge in [0.1, 0.15) is 0 Å². The van der Waals surface area contributed by atoms with Crippen molar-refractivity contribution in [2.24, 2.45) is 0 Å². The summed E-state index contributed by atoms with van der Waals surface area (Å²) in [6.45, 7) is 4.11. The van der Waals surface area contributed by atoms with Gasteiger partial charge in [0.25, 0.3) is 0 Å². The number of rotatable bonds is 3. The zero-order valence-corrected chi connectivity index (χ0v) is 12.1. The highest BCUT2D eigenvalue weighted by Gasteiger charge is 2.30. The Morgan fingerprint density at radius 3 is 3.00 bits per heavy atom. The molecule has 1 N–H and O–H groups in total. The molecule has 1 aliphatic heterocycles. The molecule has 0 fully saturated rings. The van der Waals surface area contributed by atoms with Gasteiger partial charge in [0.15, 0.2) is 0 Å². The van der Waals surface area contributed by atoms with Gasteiger partial charge in [-0.2, -0.15) is 0 Å². The number of carboxylic acid groups (broad SMARTS) is 1. The molecule has 20 heavy (non-hydrogen) atoms. The first-order valence-electron chi connectivity index (χ1n) is 6.58.